The van der Waals surface area contributed by atoms with E-state index in [0.29, 0.717) is 29.3 Å². The van der Waals surface area contributed by atoms with Gasteiger partial charge in [-0.3, -0.25) is 4.79 Å². The number of ether oxygens (including phenoxy) is 1. The normalized spacial score (nSPS) is 10.6. The Balaban J connectivity index is 2.89. The number of benzene rings is 1. The van der Waals surface area contributed by atoms with E-state index < -0.39 is 0 Å². The Morgan fingerprint density at radius 1 is 1.35 bits per heavy atom. The summed E-state index contributed by atoms with van der Waals surface area (Å²) < 4.78 is 5.12. The van der Waals surface area contributed by atoms with Gasteiger partial charge in [-0.15, -0.1) is 0 Å². The molecule has 0 spiro atoms. The summed E-state index contributed by atoms with van der Waals surface area (Å²) >= 11 is 0. The largest absolute Gasteiger partial charge is 0.495 e. The molecule has 0 saturated heterocycles. The summed E-state index contributed by atoms with van der Waals surface area (Å²) in [6.45, 7) is 4.22. The Kier molecular flexibility index (Phi) is 5.01. The maximum Gasteiger partial charge on any atom is 0.165 e. The minimum Gasteiger partial charge on any atom is -0.495 e. The van der Waals surface area contributed by atoms with Crippen molar-refractivity contribution in [3.05, 3.63) is 23.8 Å². The van der Waals surface area contributed by atoms with Crippen molar-refractivity contribution in [3.8, 4) is 5.75 Å². The van der Waals surface area contributed by atoms with E-state index >= 15 is 0 Å². The van der Waals surface area contributed by atoms with Gasteiger partial charge in [-0.05, 0) is 18.1 Å². The molecule has 0 fully saturated rings. The van der Waals surface area contributed by atoms with Crippen LogP contribution < -0.4 is 10.5 Å². The molecule has 1 aromatic rings. The van der Waals surface area contributed by atoms with Gasteiger partial charge in [0.2, 0.25) is 0 Å². The van der Waals surface area contributed by atoms with Gasteiger partial charge in [0, 0.05) is 12.0 Å². The molecule has 17 heavy (non-hydrogen) atoms. The Hall–Kier alpha value is -1.51. The van der Waals surface area contributed by atoms with Crippen molar-refractivity contribution in [2.75, 3.05) is 12.8 Å². The first-order valence-corrected chi connectivity index (χ1v) is 6.09. The average Bonchev–Trinajstić information content (AvgIpc) is 2.35. The highest BCUT2D eigenvalue weighted by Gasteiger charge is 2.16. The zero-order chi connectivity index (χ0) is 12.8. The number of carbonyl (C=O) groups excluding carboxylic acids is 1. The fourth-order valence-electron chi connectivity index (χ4n) is 1.91. The van der Waals surface area contributed by atoms with Gasteiger partial charge in [0.25, 0.3) is 0 Å². The number of hydrogen-bond acceptors (Lipinski definition) is 3. The third-order valence-electron chi connectivity index (χ3n) is 3.22. The number of ketones is 1. The molecular weight excluding hydrogens is 214 g/mol. The van der Waals surface area contributed by atoms with Crippen molar-refractivity contribution in [3.63, 3.8) is 0 Å². The number of rotatable bonds is 6. The maximum atomic E-state index is 12.1. The van der Waals surface area contributed by atoms with Gasteiger partial charge in [-0.2, -0.15) is 0 Å². The Morgan fingerprint density at radius 2 is 2.00 bits per heavy atom. The van der Waals surface area contributed by atoms with E-state index in [0.717, 1.165) is 12.8 Å². The lowest BCUT2D eigenvalue weighted by molar-refractivity contribution is 0.0959. The maximum absolute atomic E-state index is 12.1. The van der Waals surface area contributed by atoms with E-state index in [9.17, 15) is 4.79 Å². The molecule has 0 atom stereocenters. The number of nitrogen functional groups attached to an aromatic ring is 1. The Morgan fingerprint density at radius 3 is 2.53 bits per heavy atom. The quantitative estimate of drug-likeness (QED) is 0.608. The molecular formula is C14H21NO2. The van der Waals surface area contributed by atoms with Gasteiger partial charge in [0.05, 0.1) is 12.8 Å². The summed E-state index contributed by atoms with van der Waals surface area (Å²) in [7, 11) is 1.56. The SMILES string of the molecule is CCC(CC)CC(=O)c1cccc(OC)c1N. The van der Waals surface area contributed by atoms with Crippen molar-refractivity contribution < 1.29 is 9.53 Å². The molecule has 0 heterocycles. The predicted octanol–water partition coefficient (Wildman–Crippen LogP) is 3.29. The number of carbonyl (C=O) groups is 1. The molecule has 0 aliphatic heterocycles. The lowest BCUT2D eigenvalue weighted by Gasteiger charge is -2.13. The van der Waals surface area contributed by atoms with E-state index in [1.807, 2.05) is 0 Å². The monoisotopic (exact) mass is 235 g/mol. The summed E-state index contributed by atoms with van der Waals surface area (Å²) in [5, 5.41) is 0. The zero-order valence-corrected chi connectivity index (χ0v) is 10.8. The van der Waals surface area contributed by atoms with Crippen LogP contribution in [-0.2, 0) is 0 Å². The summed E-state index contributed by atoms with van der Waals surface area (Å²) in [4.78, 5) is 12.1. The minimum absolute atomic E-state index is 0.107. The van der Waals surface area contributed by atoms with Gasteiger partial charge in [-0.1, -0.05) is 32.8 Å². The Labute approximate surface area is 103 Å². The van der Waals surface area contributed by atoms with E-state index in [1.165, 1.54) is 0 Å². The zero-order valence-electron chi connectivity index (χ0n) is 10.8. The molecule has 0 saturated carbocycles. The fourth-order valence-corrected chi connectivity index (χ4v) is 1.91. The van der Waals surface area contributed by atoms with Crippen LogP contribution in [0.4, 0.5) is 5.69 Å². The highest BCUT2D eigenvalue weighted by atomic mass is 16.5. The fraction of sp³-hybridized carbons (Fsp3) is 0.500. The van der Waals surface area contributed by atoms with Crippen LogP contribution in [0.1, 0.15) is 43.5 Å². The van der Waals surface area contributed by atoms with Crippen LogP contribution in [-0.4, -0.2) is 12.9 Å². The predicted molar refractivity (Wildman–Crippen MR) is 70.4 cm³/mol. The number of nitrogens with two attached hydrogens (primary N) is 1. The lowest BCUT2D eigenvalue weighted by Crippen LogP contribution is -2.10. The number of anilines is 1. The number of para-hydroxylation sites is 1. The summed E-state index contributed by atoms with van der Waals surface area (Å²) in [6, 6.07) is 5.33. The summed E-state index contributed by atoms with van der Waals surface area (Å²) in [5.74, 6) is 1.11. The molecule has 1 aromatic carbocycles. The van der Waals surface area contributed by atoms with Gasteiger partial charge < -0.3 is 10.5 Å². The summed E-state index contributed by atoms with van der Waals surface area (Å²) in [5.41, 5.74) is 6.94. The van der Waals surface area contributed by atoms with E-state index in [1.54, 1.807) is 25.3 Å². The first kappa shape index (κ1) is 13.6. The third-order valence-corrected chi connectivity index (χ3v) is 3.22. The molecule has 94 valence electrons. The summed E-state index contributed by atoms with van der Waals surface area (Å²) in [6.07, 6.45) is 2.60. The molecule has 2 N–H and O–H groups in total. The minimum atomic E-state index is 0.107. The van der Waals surface area contributed by atoms with E-state index in [4.69, 9.17) is 10.5 Å². The first-order valence-electron chi connectivity index (χ1n) is 6.09. The molecule has 0 aliphatic rings. The van der Waals surface area contributed by atoms with E-state index in [2.05, 4.69) is 13.8 Å². The van der Waals surface area contributed by atoms with Crippen LogP contribution in [0.25, 0.3) is 0 Å². The smallest absolute Gasteiger partial charge is 0.165 e. The second kappa shape index (κ2) is 6.28. The number of methoxy groups -OCH3 is 1. The molecule has 0 radical (unpaired) electrons. The highest BCUT2D eigenvalue weighted by molar-refractivity contribution is 6.02. The number of hydrogen-bond donors (Lipinski definition) is 1. The molecule has 0 aromatic heterocycles. The highest BCUT2D eigenvalue weighted by Crippen LogP contribution is 2.27. The molecule has 0 unspecified atom stereocenters. The number of Topliss-reactive ketones (excluding diaryl/α,β-unsaturated/α-hetero) is 1. The van der Waals surface area contributed by atoms with Gasteiger partial charge in [0.1, 0.15) is 5.75 Å². The molecule has 3 nitrogen and oxygen atoms in total. The topological polar surface area (TPSA) is 52.3 Å². The van der Waals surface area contributed by atoms with Crippen LogP contribution in [0.5, 0.6) is 5.75 Å². The standard InChI is InChI=1S/C14H21NO2/c1-4-10(5-2)9-12(16)11-7-6-8-13(17-3)14(11)15/h6-8,10H,4-5,9,15H2,1-3H3. The van der Waals surface area contributed by atoms with Crippen molar-refractivity contribution in [2.24, 2.45) is 5.92 Å². The van der Waals surface area contributed by atoms with Gasteiger partial charge in [0.15, 0.2) is 5.78 Å². The van der Waals surface area contributed by atoms with Crippen molar-refractivity contribution in [1.29, 1.82) is 0 Å². The lowest BCUT2D eigenvalue weighted by atomic mass is 9.93. The average molecular weight is 235 g/mol. The van der Waals surface area contributed by atoms with Crippen molar-refractivity contribution in [1.82, 2.24) is 0 Å². The molecule has 0 bridgehead atoms. The second-order valence-corrected chi connectivity index (χ2v) is 4.23. The molecule has 3 heteroatoms. The van der Waals surface area contributed by atoms with Gasteiger partial charge in [-0.25, -0.2) is 0 Å². The van der Waals surface area contributed by atoms with Crippen LogP contribution in [0.3, 0.4) is 0 Å². The van der Waals surface area contributed by atoms with Crippen molar-refractivity contribution >= 4 is 11.5 Å². The molecule has 0 aliphatic carbocycles. The third kappa shape index (κ3) is 3.22. The first-order chi connectivity index (χ1) is 8.13. The van der Waals surface area contributed by atoms with Crippen LogP contribution >= 0.6 is 0 Å². The molecule has 1 rings (SSSR count). The van der Waals surface area contributed by atoms with Crippen molar-refractivity contribution in [2.45, 2.75) is 33.1 Å². The molecule has 0 amide bonds. The van der Waals surface area contributed by atoms with Crippen LogP contribution in [0, 0.1) is 5.92 Å². The van der Waals surface area contributed by atoms with Crippen LogP contribution in [0.2, 0.25) is 0 Å². The Bertz CT molecular complexity index is 384. The second-order valence-electron chi connectivity index (χ2n) is 4.23. The van der Waals surface area contributed by atoms with E-state index in [-0.39, 0.29) is 5.78 Å². The van der Waals surface area contributed by atoms with Gasteiger partial charge >= 0.3 is 0 Å². The van der Waals surface area contributed by atoms with Crippen LogP contribution in [0.15, 0.2) is 18.2 Å².